The fourth-order valence-corrected chi connectivity index (χ4v) is 3.33. The predicted octanol–water partition coefficient (Wildman–Crippen LogP) is 3.69. The number of carbonyl (C=O) groups excluding carboxylic acids is 2. The molecule has 1 N–H and O–H groups in total. The normalized spacial score (nSPS) is 10.7. The lowest BCUT2D eigenvalue weighted by molar-refractivity contribution is -0.118. The molecule has 0 atom stereocenters. The summed E-state index contributed by atoms with van der Waals surface area (Å²) in [6, 6.07) is 11.8. The number of aromatic nitrogens is 4. The van der Waals surface area contributed by atoms with Crippen molar-refractivity contribution in [2.24, 2.45) is 0 Å². The molecule has 10 nitrogen and oxygen atoms in total. The smallest absolute Gasteiger partial charge is 0.263 e. The average molecular weight is 461 g/mol. The molecule has 1 amide bonds. The first-order valence-electron chi connectivity index (χ1n) is 10.4. The highest BCUT2D eigenvalue weighted by molar-refractivity contribution is 5.91. The van der Waals surface area contributed by atoms with Crippen LogP contribution in [0.25, 0.3) is 17.4 Å². The summed E-state index contributed by atoms with van der Waals surface area (Å²) in [7, 11) is 1.50. The van der Waals surface area contributed by atoms with E-state index in [1.807, 2.05) is 26.8 Å². The number of aldehydes is 1. The van der Waals surface area contributed by atoms with Crippen LogP contribution in [0, 0.1) is 20.8 Å². The molecule has 0 radical (unpaired) electrons. The third kappa shape index (κ3) is 4.96. The largest absolute Gasteiger partial charge is 0.497 e. The number of hydrogen-bond acceptors (Lipinski definition) is 8. The molecule has 4 aromatic rings. The first-order valence-corrected chi connectivity index (χ1v) is 10.4. The summed E-state index contributed by atoms with van der Waals surface area (Å²) in [4.78, 5) is 32.9. The van der Waals surface area contributed by atoms with Crippen LogP contribution in [-0.2, 0) is 4.79 Å². The monoisotopic (exact) mass is 461 g/mol. The Kier molecular flexibility index (Phi) is 6.39. The van der Waals surface area contributed by atoms with Crippen molar-refractivity contribution < 1.29 is 23.5 Å². The Morgan fingerprint density at radius 2 is 1.94 bits per heavy atom. The second-order valence-electron chi connectivity index (χ2n) is 7.54. The SMILES string of the molecule is COc1ccc(OCC(=O)Nc2cc(-n3nc(C)cc3C)nc(-c3ccc(C)o3)n2)c(C=O)c1. The fraction of sp³-hybridized carbons (Fsp3) is 0.208. The summed E-state index contributed by atoms with van der Waals surface area (Å²) in [5, 5.41) is 7.18. The van der Waals surface area contributed by atoms with Crippen LogP contribution >= 0.6 is 0 Å². The van der Waals surface area contributed by atoms with Crippen molar-refractivity contribution >= 4 is 18.0 Å². The molecular formula is C24H23N5O5. The molecule has 34 heavy (non-hydrogen) atoms. The van der Waals surface area contributed by atoms with E-state index in [0.29, 0.717) is 35.2 Å². The van der Waals surface area contributed by atoms with Crippen LogP contribution in [-0.4, -0.2) is 45.7 Å². The summed E-state index contributed by atoms with van der Waals surface area (Å²) >= 11 is 0. The third-order valence-corrected chi connectivity index (χ3v) is 4.87. The van der Waals surface area contributed by atoms with Gasteiger partial charge in [-0.2, -0.15) is 5.10 Å². The molecule has 0 saturated heterocycles. The first-order chi connectivity index (χ1) is 16.4. The minimum Gasteiger partial charge on any atom is -0.497 e. The van der Waals surface area contributed by atoms with Crippen molar-refractivity contribution in [1.82, 2.24) is 19.7 Å². The molecule has 0 fully saturated rings. The summed E-state index contributed by atoms with van der Waals surface area (Å²) in [6.07, 6.45) is 0.637. The average Bonchev–Trinajstić information content (AvgIpc) is 3.41. The molecule has 0 aliphatic rings. The second-order valence-corrected chi connectivity index (χ2v) is 7.54. The van der Waals surface area contributed by atoms with Crippen LogP contribution in [0.5, 0.6) is 11.5 Å². The number of ether oxygens (including phenoxy) is 2. The lowest BCUT2D eigenvalue weighted by Crippen LogP contribution is -2.21. The number of methoxy groups -OCH3 is 1. The fourth-order valence-electron chi connectivity index (χ4n) is 3.33. The van der Waals surface area contributed by atoms with Crippen LogP contribution in [0.2, 0.25) is 0 Å². The van der Waals surface area contributed by atoms with Crippen molar-refractivity contribution in [3.63, 3.8) is 0 Å². The maximum Gasteiger partial charge on any atom is 0.263 e. The number of anilines is 1. The van der Waals surface area contributed by atoms with Gasteiger partial charge in [0.15, 0.2) is 30.3 Å². The van der Waals surface area contributed by atoms with Crippen molar-refractivity contribution in [3.8, 4) is 28.9 Å². The number of hydrogen-bond donors (Lipinski definition) is 1. The van der Waals surface area contributed by atoms with Gasteiger partial charge >= 0.3 is 0 Å². The van der Waals surface area contributed by atoms with Crippen molar-refractivity contribution in [1.29, 1.82) is 0 Å². The Morgan fingerprint density at radius 3 is 2.59 bits per heavy atom. The molecule has 1 aromatic carbocycles. The molecule has 0 bridgehead atoms. The van der Waals surface area contributed by atoms with Crippen molar-refractivity contribution in [2.75, 3.05) is 19.0 Å². The molecule has 4 rings (SSSR count). The molecule has 3 aromatic heterocycles. The number of furan rings is 1. The Labute approximate surface area is 195 Å². The van der Waals surface area contributed by atoms with Crippen molar-refractivity contribution in [2.45, 2.75) is 20.8 Å². The lowest BCUT2D eigenvalue weighted by Gasteiger charge is -2.11. The van der Waals surface area contributed by atoms with Gasteiger partial charge in [0.05, 0.1) is 18.4 Å². The van der Waals surface area contributed by atoms with E-state index in [1.54, 1.807) is 35.0 Å². The van der Waals surface area contributed by atoms with Crippen LogP contribution in [0.3, 0.4) is 0 Å². The molecule has 0 aliphatic carbocycles. The van der Waals surface area contributed by atoms with Crippen LogP contribution in [0.4, 0.5) is 5.82 Å². The maximum absolute atomic E-state index is 12.6. The summed E-state index contributed by atoms with van der Waals surface area (Å²) in [5.74, 6) is 2.50. The molecular weight excluding hydrogens is 438 g/mol. The van der Waals surface area contributed by atoms with E-state index in [4.69, 9.17) is 13.9 Å². The van der Waals surface area contributed by atoms with E-state index in [9.17, 15) is 9.59 Å². The van der Waals surface area contributed by atoms with Gasteiger partial charge in [0.2, 0.25) is 0 Å². The van der Waals surface area contributed by atoms with Gasteiger partial charge in [-0.3, -0.25) is 9.59 Å². The van der Waals surface area contributed by atoms with Gasteiger partial charge in [-0.15, -0.1) is 0 Å². The topological polar surface area (TPSA) is 121 Å². The number of nitrogens with zero attached hydrogens (tertiary/aromatic N) is 4. The van der Waals surface area contributed by atoms with Crippen LogP contribution in [0.15, 0.2) is 46.9 Å². The van der Waals surface area contributed by atoms with Crippen molar-refractivity contribution in [3.05, 3.63) is 65.2 Å². The Bertz CT molecular complexity index is 1360. The van der Waals surface area contributed by atoms with Gasteiger partial charge in [-0.05, 0) is 57.2 Å². The number of nitrogens with one attached hydrogen (secondary N) is 1. The van der Waals surface area contributed by atoms with E-state index in [1.165, 1.54) is 13.2 Å². The van der Waals surface area contributed by atoms with E-state index in [2.05, 4.69) is 20.4 Å². The van der Waals surface area contributed by atoms with Gasteiger partial charge in [0.1, 0.15) is 23.1 Å². The van der Waals surface area contributed by atoms with Crippen LogP contribution < -0.4 is 14.8 Å². The quantitative estimate of drug-likeness (QED) is 0.394. The highest BCUT2D eigenvalue weighted by Gasteiger charge is 2.16. The minimum atomic E-state index is -0.465. The highest BCUT2D eigenvalue weighted by atomic mass is 16.5. The van der Waals surface area contributed by atoms with E-state index < -0.39 is 5.91 Å². The number of rotatable bonds is 8. The second kappa shape index (κ2) is 9.57. The van der Waals surface area contributed by atoms with E-state index in [0.717, 1.165) is 11.4 Å². The number of benzene rings is 1. The molecule has 174 valence electrons. The lowest BCUT2D eigenvalue weighted by atomic mass is 10.2. The van der Waals surface area contributed by atoms with Gasteiger partial charge < -0.3 is 19.2 Å². The van der Waals surface area contributed by atoms with Crippen LogP contribution in [0.1, 0.15) is 27.5 Å². The zero-order chi connectivity index (χ0) is 24.2. The van der Waals surface area contributed by atoms with Gasteiger partial charge in [-0.25, -0.2) is 14.6 Å². The third-order valence-electron chi connectivity index (χ3n) is 4.87. The Balaban J connectivity index is 1.58. The summed E-state index contributed by atoms with van der Waals surface area (Å²) < 4.78 is 18.0. The maximum atomic E-state index is 12.6. The Hall–Kier alpha value is -4.47. The van der Waals surface area contributed by atoms with Gasteiger partial charge in [0.25, 0.3) is 5.91 Å². The molecule has 10 heteroatoms. The first kappa shape index (κ1) is 22.7. The molecule has 0 saturated carbocycles. The molecule has 0 unspecified atom stereocenters. The van der Waals surface area contributed by atoms with E-state index in [-0.39, 0.29) is 23.7 Å². The minimum absolute atomic E-state index is 0.251. The number of carbonyl (C=O) groups is 2. The van der Waals surface area contributed by atoms with Gasteiger partial charge in [0, 0.05) is 11.8 Å². The van der Waals surface area contributed by atoms with E-state index >= 15 is 0 Å². The summed E-state index contributed by atoms with van der Waals surface area (Å²) in [6.45, 7) is 5.28. The standard InChI is InChI=1S/C24H23N5O5/c1-14-9-15(2)29(28-14)22-11-21(26-24(27-22)20-7-5-16(3)34-20)25-23(31)13-33-19-8-6-18(32-4)10-17(19)12-30/h5-12H,13H2,1-4H3,(H,25,26,27,31). The predicted molar refractivity (Wildman–Crippen MR) is 124 cm³/mol. The zero-order valence-electron chi connectivity index (χ0n) is 19.2. The van der Waals surface area contributed by atoms with Gasteiger partial charge in [-0.1, -0.05) is 0 Å². The number of aryl methyl sites for hydroxylation is 3. The summed E-state index contributed by atoms with van der Waals surface area (Å²) in [5.41, 5.74) is 1.98. The molecule has 3 heterocycles. The number of amides is 1. The highest BCUT2D eigenvalue weighted by Crippen LogP contribution is 2.24. The molecule has 0 spiro atoms. The molecule has 0 aliphatic heterocycles. The zero-order valence-corrected chi connectivity index (χ0v) is 19.2. The Morgan fingerprint density at radius 1 is 1.12 bits per heavy atom.